The van der Waals surface area contributed by atoms with Gasteiger partial charge in [0.05, 0.1) is 15.7 Å². The van der Waals surface area contributed by atoms with Gasteiger partial charge in [-0.05, 0) is 43.0 Å². The monoisotopic (exact) mass is 408 g/mol. The van der Waals surface area contributed by atoms with Gasteiger partial charge < -0.3 is 14.4 Å². The Bertz CT molecular complexity index is 1030. The molecule has 5 nitrogen and oxygen atoms in total. The lowest BCUT2D eigenvalue weighted by Gasteiger charge is -2.30. The van der Waals surface area contributed by atoms with Crippen molar-refractivity contribution in [2.45, 2.75) is 38.6 Å². The van der Waals surface area contributed by atoms with E-state index in [0.29, 0.717) is 12.5 Å². The highest BCUT2D eigenvalue weighted by molar-refractivity contribution is 7.16. The standard InChI is InChI=1S/C23H24N2O3S/c26-23(17-9-10-19-21(11-17)29-14-24-19)25(12-16-5-2-1-3-6-16)13-18-7-4-8-20-22(18)28-15-27-20/h4,7-11,14,16H,1-3,5-6,12-13,15H2. The molecular formula is C23H24N2O3S. The van der Waals surface area contributed by atoms with E-state index in [9.17, 15) is 4.79 Å². The molecule has 1 aliphatic heterocycles. The number of carbonyl (C=O) groups excluding carboxylic acids is 1. The van der Waals surface area contributed by atoms with Gasteiger partial charge in [-0.1, -0.05) is 31.4 Å². The Balaban J connectivity index is 1.44. The van der Waals surface area contributed by atoms with Crippen LogP contribution < -0.4 is 9.47 Å². The molecule has 0 radical (unpaired) electrons. The first-order valence-corrected chi connectivity index (χ1v) is 11.2. The van der Waals surface area contributed by atoms with Crippen molar-refractivity contribution in [2.24, 2.45) is 5.92 Å². The largest absolute Gasteiger partial charge is 0.454 e. The van der Waals surface area contributed by atoms with Gasteiger partial charge in [-0.3, -0.25) is 4.79 Å². The number of carbonyl (C=O) groups is 1. The van der Waals surface area contributed by atoms with Crippen LogP contribution in [0, 0.1) is 5.92 Å². The van der Waals surface area contributed by atoms with Crippen molar-refractivity contribution < 1.29 is 14.3 Å². The van der Waals surface area contributed by atoms with Crippen LogP contribution in [-0.4, -0.2) is 29.1 Å². The summed E-state index contributed by atoms with van der Waals surface area (Å²) >= 11 is 1.57. The third-order valence-corrected chi connectivity index (χ3v) is 6.70. The highest BCUT2D eigenvalue weighted by Gasteiger charge is 2.25. The summed E-state index contributed by atoms with van der Waals surface area (Å²) in [7, 11) is 0. The molecule has 0 spiro atoms. The van der Waals surface area contributed by atoms with Crippen LogP contribution in [0.15, 0.2) is 41.9 Å². The topological polar surface area (TPSA) is 51.7 Å². The number of para-hydroxylation sites is 1. The van der Waals surface area contributed by atoms with Crippen LogP contribution in [0.2, 0.25) is 0 Å². The van der Waals surface area contributed by atoms with Gasteiger partial charge in [0.15, 0.2) is 11.5 Å². The van der Waals surface area contributed by atoms with Crippen LogP contribution in [0.3, 0.4) is 0 Å². The Morgan fingerprint density at radius 2 is 2.03 bits per heavy atom. The zero-order valence-electron chi connectivity index (χ0n) is 16.3. The van der Waals surface area contributed by atoms with Gasteiger partial charge >= 0.3 is 0 Å². The average molecular weight is 409 g/mol. The Labute approximate surface area is 174 Å². The summed E-state index contributed by atoms with van der Waals surface area (Å²) in [6, 6.07) is 11.7. The number of fused-ring (bicyclic) bond motifs is 2. The molecule has 2 aliphatic rings. The Kier molecular flexibility index (Phi) is 5.10. The molecular weight excluding hydrogens is 384 g/mol. The van der Waals surface area contributed by atoms with E-state index in [4.69, 9.17) is 9.47 Å². The maximum atomic E-state index is 13.5. The smallest absolute Gasteiger partial charge is 0.254 e. The van der Waals surface area contributed by atoms with Crippen LogP contribution in [0.1, 0.15) is 48.0 Å². The van der Waals surface area contributed by atoms with Crippen LogP contribution in [0.4, 0.5) is 0 Å². The minimum absolute atomic E-state index is 0.0717. The second-order valence-corrected chi connectivity index (χ2v) is 8.76. The Morgan fingerprint density at radius 1 is 1.14 bits per heavy atom. The predicted molar refractivity (Wildman–Crippen MR) is 114 cm³/mol. The summed E-state index contributed by atoms with van der Waals surface area (Å²) in [4.78, 5) is 19.9. The normalized spacial score (nSPS) is 16.3. The van der Waals surface area contributed by atoms with E-state index >= 15 is 0 Å². The lowest BCUT2D eigenvalue weighted by atomic mass is 9.88. The van der Waals surface area contributed by atoms with Gasteiger partial charge in [-0.2, -0.15) is 0 Å². The van der Waals surface area contributed by atoms with E-state index in [0.717, 1.165) is 39.4 Å². The van der Waals surface area contributed by atoms with E-state index in [1.165, 1.54) is 32.1 Å². The second-order valence-electron chi connectivity index (χ2n) is 7.88. The molecule has 1 fully saturated rings. The van der Waals surface area contributed by atoms with Crippen molar-refractivity contribution in [2.75, 3.05) is 13.3 Å². The minimum atomic E-state index is 0.0717. The second kappa shape index (κ2) is 8.03. The summed E-state index contributed by atoms with van der Waals surface area (Å²) in [6.07, 6.45) is 6.23. The number of benzene rings is 2. The van der Waals surface area contributed by atoms with Gasteiger partial charge in [0.25, 0.3) is 5.91 Å². The maximum Gasteiger partial charge on any atom is 0.254 e. The van der Waals surface area contributed by atoms with E-state index in [1.54, 1.807) is 11.3 Å². The quantitative estimate of drug-likeness (QED) is 0.579. The molecule has 0 saturated heterocycles. The lowest BCUT2D eigenvalue weighted by Crippen LogP contribution is -2.35. The zero-order chi connectivity index (χ0) is 19.6. The predicted octanol–water partition coefficient (Wildman–Crippen LogP) is 5.25. The number of thiazole rings is 1. The van der Waals surface area contributed by atoms with Crippen LogP contribution >= 0.6 is 11.3 Å². The SMILES string of the molecule is O=C(c1ccc2ncsc2c1)N(Cc1cccc2c1OCO2)CC1CCCCC1. The molecule has 5 rings (SSSR count). The third-order valence-electron chi connectivity index (χ3n) is 5.91. The Morgan fingerprint density at radius 3 is 2.93 bits per heavy atom. The first kappa shape index (κ1) is 18.4. The van der Waals surface area contributed by atoms with Gasteiger partial charge in [-0.15, -0.1) is 11.3 Å². The van der Waals surface area contributed by atoms with Crippen LogP contribution in [-0.2, 0) is 6.54 Å². The number of ether oxygens (including phenoxy) is 2. The number of nitrogens with zero attached hydrogens (tertiary/aromatic N) is 2. The van der Waals surface area contributed by atoms with Crippen molar-refractivity contribution >= 4 is 27.5 Å². The molecule has 1 amide bonds. The fourth-order valence-electron chi connectivity index (χ4n) is 4.39. The summed E-state index contributed by atoms with van der Waals surface area (Å²) in [5, 5.41) is 0. The van der Waals surface area contributed by atoms with E-state index in [-0.39, 0.29) is 12.7 Å². The van der Waals surface area contributed by atoms with Gasteiger partial charge in [0.1, 0.15) is 0 Å². The fourth-order valence-corrected chi connectivity index (χ4v) is 5.11. The molecule has 0 N–H and O–H groups in total. The first-order valence-electron chi connectivity index (χ1n) is 10.3. The van der Waals surface area contributed by atoms with Crippen LogP contribution in [0.25, 0.3) is 10.2 Å². The third kappa shape index (κ3) is 3.81. The molecule has 29 heavy (non-hydrogen) atoms. The molecule has 1 aliphatic carbocycles. The van der Waals surface area contributed by atoms with Gasteiger partial charge in [0, 0.05) is 24.2 Å². The number of aromatic nitrogens is 1. The first-order chi connectivity index (χ1) is 14.3. The Hall–Kier alpha value is -2.60. The summed E-state index contributed by atoms with van der Waals surface area (Å²) in [6.45, 7) is 1.55. The minimum Gasteiger partial charge on any atom is -0.454 e. The number of amides is 1. The van der Waals surface area contributed by atoms with Crippen molar-refractivity contribution in [1.29, 1.82) is 0 Å². The molecule has 6 heteroatoms. The molecule has 150 valence electrons. The van der Waals surface area contributed by atoms with E-state index < -0.39 is 0 Å². The van der Waals surface area contributed by atoms with Crippen LogP contribution in [0.5, 0.6) is 11.5 Å². The molecule has 0 atom stereocenters. The highest BCUT2D eigenvalue weighted by Crippen LogP contribution is 2.36. The number of rotatable bonds is 5. The summed E-state index contributed by atoms with van der Waals surface area (Å²) in [5.74, 6) is 2.17. The van der Waals surface area contributed by atoms with Gasteiger partial charge in [0.2, 0.25) is 6.79 Å². The van der Waals surface area contributed by atoms with E-state index in [1.807, 2.05) is 46.8 Å². The summed E-state index contributed by atoms with van der Waals surface area (Å²) in [5.41, 5.74) is 4.49. The molecule has 0 unspecified atom stereocenters. The highest BCUT2D eigenvalue weighted by atomic mass is 32.1. The maximum absolute atomic E-state index is 13.5. The molecule has 0 bridgehead atoms. The number of hydrogen-bond donors (Lipinski definition) is 0. The summed E-state index contributed by atoms with van der Waals surface area (Å²) < 4.78 is 12.3. The zero-order valence-corrected chi connectivity index (χ0v) is 17.1. The van der Waals surface area contributed by atoms with Gasteiger partial charge in [-0.25, -0.2) is 4.98 Å². The molecule has 2 heterocycles. The molecule has 3 aromatic rings. The van der Waals surface area contributed by atoms with Crippen molar-refractivity contribution in [3.05, 3.63) is 53.0 Å². The number of hydrogen-bond acceptors (Lipinski definition) is 5. The molecule has 1 saturated carbocycles. The lowest BCUT2D eigenvalue weighted by molar-refractivity contribution is 0.0697. The molecule has 1 aromatic heterocycles. The van der Waals surface area contributed by atoms with E-state index in [2.05, 4.69) is 4.98 Å². The molecule has 2 aromatic carbocycles. The average Bonchev–Trinajstić information content (AvgIpc) is 3.42. The van der Waals surface area contributed by atoms with Crippen molar-refractivity contribution in [1.82, 2.24) is 9.88 Å². The van der Waals surface area contributed by atoms with Crippen molar-refractivity contribution in [3.63, 3.8) is 0 Å². The van der Waals surface area contributed by atoms with Crippen molar-refractivity contribution in [3.8, 4) is 11.5 Å². The fraction of sp³-hybridized carbons (Fsp3) is 0.391.